The molecule has 5 rings (SSSR count). The van der Waals surface area contributed by atoms with Gasteiger partial charge in [-0.2, -0.15) is 0 Å². The van der Waals surface area contributed by atoms with Crippen molar-refractivity contribution in [3.8, 4) is 5.75 Å². The standard InChI is InChI=1S/C28H36N2O3/c1-33-23-14-12-22(13-15-23)28(32,21-10-6-3-7-11-21)27(31)29-16-24-25-18-30(19-26(24)25)17-20-8-4-2-5-9-20/h2,4-5,8-9,12-15,21,24-26,32H,3,6-7,10-11,16-19H2,1H3,(H,29,31)/t24-,25-,26?,28+/m1/s1. The zero-order valence-electron chi connectivity index (χ0n) is 19.6. The molecule has 3 aliphatic rings. The van der Waals surface area contributed by atoms with Crippen molar-refractivity contribution in [3.05, 3.63) is 65.7 Å². The van der Waals surface area contributed by atoms with Crippen molar-refractivity contribution in [2.24, 2.45) is 23.7 Å². The van der Waals surface area contributed by atoms with Crippen LogP contribution in [-0.2, 0) is 16.9 Å². The predicted molar refractivity (Wildman–Crippen MR) is 129 cm³/mol. The molecule has 2 saturated carbocycles. The first-order valence-electron chi connectivity index (χ1n) is 12.5. The minimum Gasteiger partial charge on any atom is -0.497 e. The molecule has 5 nitrogen and oxygen atoms in total. The molecule has 1 amide bonds. The number of amides is 1. The van der Waals surface area contributed by atoms with Gasteiger partial charge in [0.25, 0.3) is 5.91 Å². The molecule has 1 saturated heterocycles. The van der Waals surface area contributed by atoms with E-state index in [0.717, 1.165) is 51.1 Å². The highest BCUT2D eigenvalue weighted by molar-refractivity contribution is 5.86. The average Bonchev–Trinajstić information content (AvgIpc) is 3.33. The topological polar surface area (TPSA) is 61.8 Å². The van der Waals surface area contributed by atoms with E-state index in [2.05, 4.69) is 40.5 Å². The van der Waals surface area contributed by atoms with E-state index in [0.29, 0.717) is 29.9 Å². The quantitative estimate of drug-likeness (QED) is 0.642. The monoisotopic (exact) mass is 448 g/mol. The molecule has 33 heavy (non-hydrogen) atoms. The molecular formula is C28H36N2O3. The second kappa shape index (κ2) is 9.47. The Hall–Kier alpha value is -2.37. The van der Waals surface area contributed by atoms with Crippen LogP contribution < -0.4 is 10.1 Å². The first kappa shape index (κ1) is 22.4. The van der Waals surface area contributed by atoms with Crippen molar-refractivity contribution < 1.29 is 14.6 Å². The second-order valence-corrected chi connectivity index (χ2v) is 10.2. The largest absolute Gasteiger partial charge is 0.497 e. The number of hydrogen-bond acceptors (Lipinski definition) is 4. The summed E-state index contributed by atoms with van der Waals surface area (Å²) in [5.41, 5.74) is 0.564. The summed E-state index contributed by atoms with van der Waals surface area (Å²) in [6, 6.07) is 18.0. The number of rotatable bonds is 8. The Bertz CT molecular complexity index is 929. The lowest BCUT2D eigenvalue weighted by Gasteiger charge is -2.37. The molecule has 176 valence electrons. The molecule has 2 N–H and O–H groups in total. The Balaban J connectivity index is 1.20. The molecule has 1 heterocycles. The van der Waals surface area contributed by atoms with Crippen LogP contribution in [0.15, 0.2) is 54.6 Å². The zero-order valence-corrected chi connectivity index (χ0v) is 19.6. The maximum Gasteiger partial charge on any atom is 0.256 e. The van der Waals surface area contributed by atoms with Gasteiger partial charge >= 0.3 is 0 Å². The molecule has 0 spiro atoms. The van der Waals surface area contributed by atoms with E-state index in [-0.39, 0.29) is 11.8 Å². The lowest BCUT2D eigenvalue weighted by atomic mass is 9.72. The van der Waals surface area contributed by atoms with Gasteiger partial charge in [-0.15, -0.1) is 0 Å². The second-order valence-electron chi connectivity index (χ2n) is 10.2. The van der Waals surface area contributed by atoms with E-state index in [9.17, 15) is 9.90 Å². The van der Waals surface area contributed by atoms with Gasteiger partial charge in [-0.1, -0.05) is 61.7 Å². The van der Waals surface area contributed by atoms with Gasteiger partial charge in [0.15, 0.2) is 5.60 Å². The maximum atomic E-state index is 13.5. The van der Waals surface area contributed by atoms with Crippen LogP contribution in [0.25, 0.3) is 0 Å². The fourth-order valence-electron chi connectivity index (χ4n) is 6.27. The number of carbonyl (C=O) groups excluding carboxylic acids is 1. The van der Waals surface area contributed by atoms with Gasteiger partial charge in [-0.25, -0.2) is 0 Å². The fourth-order valence-corrected chi connectivity index (χ4v) is 6.27. The molecule has 0 bridgehead atoms. The fraction of sp³-hybridized carbons (Fsp3) is 0.536. The SMILES string of the molecule is COc1ccc([C@](O)(C(=O)NC[C@H]2C3CN(Cc4ccccc4)C[C@@H]32)C2CCCCC2)cc1. The summed E-state index contributed by atoms with van der Waals surface area (Å²) in [7, 11) is 1.63. The molecule has 0 aromatic heterocycles. The summed E-state index contributed by atoms with van der Waals surface area (Å²) in [5.74, 6) is 2.32. The number of likely N-dealkylation sites (tertiary alicyclic amines) is 1. The highest BCUT2D eigenvalue weighted by Crippen LogP contribution is 2.51. The van der Waals surface area contributed by atoms with E-state index in [1.54, 1.807) is 7.11 Å². The number of nitrogens with zero attached hydrogens (tertiary/aromatic N) is 1. The number of methoxy groups -OCH3 is 1. The van der Waals surface area contributed by atoms with Gasteiger partial charge in [0, 0.05) is 32.1 Å². The van der Waals surface area contributed by atoms with Crippen molar-refractivity contribution in [2.75, 3.05) is 26.7 Å². The van der Waals surface area contributed by atoms with E-state index < -0.39 is 5.60 Å². The van der Waals surface area contributed by atoms with Crippen molar-refractivity contribution in [2.45, 2.75) is 44.2 Å². The van der Waals surface area contributed by atoms with E-state index in [1.807, 2.05) is 24.3 Å². The number of piperidine rings is 1. The highest BCUT2D eigenvalue weighted by Gasteiger charge is 2.55. The first-order chi connectivity index (χ1) is 16.1. The first-order valence-corrected chi connectivity index (χ1v) is 12.5. The van der Waals surface area contributed by atoms with Crippen molar-refractivity contribution in [1.82, 2.24) is 10.2 Å². The Labute approximate surface area is 197 Å². The van der Waals surface area contributed by atoms with E-state index >= 15 is 0 Å². The Morgan fingerprint density at radius 1 is 1.03 bits per heavy atom. The van der Waals surface area contributed by atoms with Crippen LogP contribution in [0.5, 0.6) is 5.75 Å². The third kappa shape index (κ3) is 4.53. The number of hydrogen-bond donors (Lipinski definition) is 2. The number of carbonyl (C=O) groups is 1. The molecule has 5 heteroatoms. The summed E-state index contributed by atoms with van der Waals surface area (Å²) in [6.07, 6.45) is 5.10. The molecule has 2 aromatic carbocycles. The summed E-state index contributed by atoms with van der Waals surface area (Å²) in [5, 5.41) is 15.0. The summed E-state index contributed by atoms with van der Waals surface area (Å²) in [6.45, 7) is 3.88. The van der Waals surface area contributed by atoms with Gasteiger partial charge in [-0.3, -0.25) is 9.69 Å². The van der Waals surface area contributed by atoms with E-state index in [4.69, 9.17) is 4.74 Å². The Morgan fingerprint density at radius 2 is 1.70 bits per heavy atom. The van der Waals surface area contributed by atoms with Crippen LogP contribution in [0, 0.1) is 23.7 Å². The van der Waals surface area contributed by atoms with Crippen LogP contribution in [0.1, 0.15) is 43.2 Å². The highest BCUT2D eigenvalue weighted by atomic mass is 16.5. The molecular weight excluding hydrogens is 412 g/mol. The van der Waals surface area contributed by atoms with Crippen LogP contribution in [0.3, 0.4) is 0 Å². The smallest absolute Gasteiger partial charge is 0.256 e. The van der Waals surface area contributed by atoms with Gasteiger partial charge in [0.05, 0.1) is 7.11 Å². The third-order valence-corrected chi connectivity index (χ3v) is 8.27. The van der Waals surface area contributed by atoms with Crippen molar-refractivity contribution in [1.29, 1.82) is 0 Å². The van der Waals surface area contributed by atoms with Crippen LogP contribution >= 0.6 is 0 Å². The van der Waals surface area contributed by atoms with Gasteiger partial charge in [0.2, 0.25) is 0 Å². The van der Waals surface area contributed by atoms with Crippen LogP contribution in [0.4, 0.5) is 0 Å². The summed E-state index contributed by atoms with van der Waals surface area (Å²) < 4.78 is 5.28. The van der Waals surface area contributed by atoms with Crippen molar-refractivity contribution in [3.63, 3.8) is 0 Å². The number of aliphatic hydroxyl groups is 1. The van der Waals surface area contributed by atoms with Crippen LogP contribution in [-0.4, -0.2) is 42.7 Å². The molecule has 0 radical (unpaired) electrons. The Kier molecular flexibility index (Phi) is 6.44. The number of ether oxygens (including phenoxy) is 1. The van der Waals surface area contributed by atoms with Gasteiger partial charge < -0.3 is 15.2 Å². The summed E-state index contributed by atoms with van der Waals surface area (Å²) >= 11 is 0. The normalized spacial score (nSPS) is 26.9. The zero-order chi connectivity index (χ0) is 22.8. The van der Waals surface area contributed by atoms with Crippen LogP contribution in [0.2, 0.25) is 0 Å². The number of benzene rings is 2. The Morgan fingerprint density at radius 3 is 2.33 bits per heavy atom. The summed E-state index contributed by atoms with van der Waals surface area (Å²) in [4.78, 5) is 16.0. The molecule has 1 aliphatic heterocycles. The predicted octanol–water partition coefficient (Wildman–Crippen LogP) is 3.96. The number of nitrogens with one attached hydrogen (secondary N) is 1. The molecule has 4 atom stereocenters. The van der Waals surface area contributed by atoms with Gasteiger partial charge in [-0.05, 0) is 53.9 Å². The van der Waals surface area contributed by atoms with Crippen molar-refractivity contribution >= 4 is 5.91 Å². The van der Waals surface area contributed by atoms with E-state index in [1.165, 1.54) is 12.0 Å². The lowest BCUT2D eigenvalue weighted by Crippen LogP contribution is -2.50. The maximum absolute atomic E-state index is 13.5. The lowest BCUT2D eigenvalue weighted by molar-refractivity contribution is -0.149. The number of fused-ring (bicyclic) bond motifs is 1. The molecule has 2 aromatic rings. The molecule has 2 aliphatic carbocycles. The average molecular weight is 449 g/mol. The molecule has 1 unspecified atom stereocenters. The van der Waals surface area contributed by atoms with Gasteiger partial charge in [0.1, 0.15) is 5.75 Å². The minimum atomic E-state index is -1.48. The third-order valence-electron chi connectivity index (χ3n) is 8.27. The minimum absolute atomic E-state index is 0.0419. The molecule has 3 fully saturated rings.